The Morgan fingerprint density at radius 3 is 2.52 bits per heavy atom. The molecule has 2 N–H and O–H groups in total. The summed E-state index contributed by atoms with van der Waals surface area (Å²) < 4.78 is 5.10. The highest BCUT2D eigenvalue weighted by molar-refractivity contribution is 6.04. The van der Waals surface area contributed by atoms with E-state index >= 15 is 0 Å². The van der Waals surface area contributed by atoms with Gasteiger partial charge >= 0.3 is 0 Å². The highest BCUT2D eigenvalue weighted by Crippen LogP contribution is 2.16. The topological polar surface area (TPSA) is 111 Å². The molecule has 0 saturated carbocycles. The molecular weight excluding hydrogens is 398 g/mol. The van der Waals surface area contributed by atoms with E-state index in [1.807, 2.05) is 6.92 Å². The number of nitrogens with one attached hydrogen (secondary N) is 2. The second-order valence-electron chi connectivity index (χ2n) is 6.62. The average molecular weight is 423 g/mol. The molecule has 0 aliphatic carbocycles. The quantitative estimate of drug-likeness (QED) is 0.262. The van der Waals surface area contributed by atoms with Crippen LogP contribution in [0.4, 0.5) is 5.69 Å². The summed E-state index contributed by atoms with van der Waals surface area (Å²) in [6.45, 7) is 2.46. The van der Waals surface area contributed by atoms with Gasteiger partial charge in [0.25, 0.3) is 11.6 Å². The first-order valence-corrected chi connectivity index (χ1v) is 9.80. The molecule has 0 aliphatic heterocycles. The van der Waals surface area contributed by atoms with Gasteiger partial charge in [-0.3, -0.25) is 19.7 Å². The number of unbranched alkanes of at least 4 members (excludes halogenated alkanes) is 1. The van der Waals surface area contributed by atoms with Crippen LogP contribution in [0.15, 0.2) is 60.3 Å². The van der Waals surface area contributed by atoms with Crippen molar-refractivity contribution in [3.05, 3.63) is 81.5 Å². The third kappa shape index (κ3) is 7.77. The van der Waals surface area contributed by atoms with E-state index in [0.29, 0.717) is 17.9 Å². The van der Waals surface area contributed by atoms with Gasteiger partial charge in [0.1, 0.15) is 11.4 Å². The number of nitrogens with zero attached hydrogens (tertiary/aromatic N) is 1. The highest BCUT2D eigenvalue weighted by Gasteiger charge is 2.13. The molecule has 0 saturated heterocycles. The zero-order chi connectivity index (χ0) is 22.6. The Morgan fingerprint density at radius 2 is 1.87 bits per heavy atom. The van der Waals surface area contributed by atoms with Crippen LogP contribution in [0.25, 0.3) is 12.2 Å². The van der Waals surface area contributed by atoms with Crippen LogP contribution in [0.1, 0.15) is 30.9 Å². The fourth-order valence-electron chi connectivity index (χ4n) is 2.59. The Balaban J connectivity index is 2.19. The highest BCUT2D eigenvalue weighted by atomic mass is 16.6. The summed E-state index contributed by atoms with van der Waals surface area (Å²) in [5.41, 5.74) is 1.10. The molecule has 0 atom stereocenters. The molecule has 2 aromatic rings. The summed E-state index contributed by atoms with van der Waals surface area (Å²) in [7, 11) is 1.57. The molecule has 0 spiro atoms. The third-order valence-electron chi connectivity index (χ3n) is 4.25. The van der Waals surface area contributed by atoms with Crippen LogP contribution in [0.3, 0.4) is 0 Å². The molecule has 2 amide bonds. The normalized spacial score (nSPS) is 11.2. The summed E-state index contributed by atoms with van der Waals surface area (Å²) in [6, 6.07) is 12.9. The zero-order valence-electron chi connectivity index (χ0n) is 17.5. The molecule has 0 aliphatic rings. The number of rotatable bonds is 10. The Bertz CT molecular complexity index is 981. The minimum absolute atomic E-state index is 0.000909. The van der Waals surface area contributed by atoms with E-state index in [0.717, 1.165) is 18.4 Å². The Kier molecular flexibility index (Phi) is 8.97. The molecule has 8 heteroatoms. The van der Waals surface area contributed by atoms with Crippen molar-refractivity contribution in [1.29, 1.82) is 0 Å². The van der Waals surface area contributed by atoms with Crippen LogP contribution in [0, 0.1) is 10.1 Å². The first-order chi connectivity index (χ1) is 14.9. The van der Waals surface area contributed by atoms with E-state index in [4.69, 9.17) is 4.74 Å². The molecule has 2 aromatic carbocycles. The van der Waals surface area contributed by atoms with Gasteiger partial charge in [0.15, 0.2) is 0 Å². The number of carbonyl (C=O) groups is 2. The van der Waals surface area contributed by atoms with Crippen molar-refractivity contribution in [2.24, 2.45) is 0 Å². The van der Waals surface area contributed by atoms with Crippen LogP contribution in [-0.2, 0) is 9.59 Å². The SMILES string of the molecule is CCCCNC(=O)/C(=C/c1cccc([N+](=O)[O-])c1)NC(=O)/C=C/c1ccc(OC)cc1. The molecule has 0 aromatic heterocycles. The van der Waals surface area contributed by atoms with Crippen LogP contribution >= 0.6 is 0 Å². The fraction of sp³-hybridized carbons (Fsp3) is 0.217. The summed E-state index contributed by atoms with van der Waals surface area (Å²) in [6.07, 6.45) is 6.02. The molecule has 8 nitrogen and oxygen atoms in total. The van der Waals surface area contributed by atoms with E-state index in [9.17, 15) is 19.7 Å². The fourth-order valence-corrected chi connectivity index (χ4v) is 2.59. The van der Waals surface area contributed by atoms with Crippen LogP contribution in [0.2, 0.25) is 0 Å². The average Bonchev–Trinajstić information content (AvgIpc) is 2.78. The number of carbonyl (C=O) groups excluding carboxylic acids is 2. The van der Waals surface area contributed by atoms with Crippen LogP contribution in [-0.4, -0.2) is 30.4 Å². The molecule has 162 valence electrons. The van der Waals surface area contributed by atoms with Crippen LogP contribution in [0.5, 0.6) is 5.75 Å². The summed E-state index contributed by atoms with van der Waals surface area (Å²) >= 11 is 0. The van der Waals surface area contributed by atoms with Crippen molar-refractivity contribution in [2.45, 2.75) is 19.8 Å². The number of benzene rings is 2. The summed E-state index contributed by atoms with van der Waals surface area (Å²) in [5.74, 6) is -0.267. The van der Waals surface area contributed by atoms with Crippen molar-refractivity contribution < 1.29 is 19.2 Å². The van der Waals surface area contributed by atoms with Crippen molar-refractivity contribution in [3.63, 3.8) is 0 Å². The van der Waals surface area contributed by atoms with Crippen molar-refractivity contribution >= 4 is 29.7 Å². The molecule has 31 heavy (non-hydrogen) atoms. The van der Waals surface area contributed by atoms with Gasteiger partial charge in [0.2, 0.25) is 5.91 Å². The zero-order valence-corrected chi connectivity index (χ0v) is 17.5. The molecule has 0 unspecified atom stereocenters. The third-order valence-corrected chi connectivity index (χ3v) is 4.25. The minimum Gasteiger partial charge on any atom is -0.497 e. The van der Waals surface area contributed by atoms with E-state index in [1.54, 1.807) is 43.5 Å². The maximum absolute atomic E-state index is 12.6. The lowest BCUT2D eigenvalue weighted by molar-refractivity contribution is -0.384. The number of ether oxygens (including phenoxy) is 1. The predicted octanol–water partition coefficient (Wildman–Crippen LogP) is 3.69. The predicted molar refractivity (Wildman–Crippen MR) is 119 cm³/mol. The molecule has 0 fully saturated rings. The number of nitro benzene ring substituents is 1. The molecule has 0 bridgehead atoms. The van der Waals surface area contributed by atoms with E-state index < -0.39 is 16.7 Å². The van der Waals surface area contributed by atoms with E-state index in [2.05, 4.69) is 10.6 Å². The number of hydrogen-bond acceptors (Lipinski definition) is 5. The molecule has 0 heterocycles. The number of non-ortho nitro benzene ring substituents is 1. The number of hydrogen-bond donors (Lipinski definition) is 2. The van der Waals surface area contributed by atoms with Gasteiger partial charge in [0, 0.05) is 24.8 Å². The summed E-state index contributed by atoms with van der Waals surface area (Å²) in [4.78, 5) is 35.4. The smallest absolute Gasteiger partial charge is 0.270 e. The molecule has 2 rings (SSSR count). The van der Waals surface area contributed by atoms with Gasteiger partial charge in [-0.1, -0.05) is 37.6 Å². The Labute approximate surface area is 180 Å². The minimum atomic E-state index is -0.519. The van der Waals surface area contributed by atoms with E-state index in [1.165, 1.54) is 30.4 Å². The second-order valence-corrected chi connectivity index (χ2v) is 6.62. The summed E-state index contributed by atoms with van der Waals surface area (Å²) in [5, 5.41) is 16.3. The monoisotopic (exact) mass is 423 g/mol. The molecule has 0 radical (unpaired) electrons. The maximum atomic E-state index is 12.6. The molecular formula is C23H25N3O5. The van der Waals surface area contributed by atoms with E-state index in [-0.39, 0.29) is 11.4 Å². The lowest BCUT2D eigenvalue weighted by Crippen LogP contribution is -2.34. The number of methoxy groups -OCH3 is 1. The van der Waals surface area contributed by atoms with Gasteiger partial charge in [-0.2, -0.15) is 0 Å². The Morgan fingerprint density at radius 1 is 1.13 bits per heavy atom. The van der Waals surface area contributed by atoms with Gasteiger partial charge in [-0.25, -0.2) is 0 Å². The number of amides is 2. The number of nitro groups is 1. The van der Waals surface area contributed by atoms with Crippen molar-refractivity contribution in [3.8, 4) is 5.75 Å². The first kappa shape index (κ1) is 23.3. The maximum Gasteiger partial charge on any atom is 0.270 e. The largest absolute Gasteiger partial charge is 0.497 e. The van der Waals surface area contributed by atoms with Gasteiger partial charge in [-0.15, -0.1) is 0 Å². The Hall–Kier alpha value is -3.94. The second kappa shape index (κ2) is 11.9. The van der Waals surface area contributed by atoms with Gasteiger partial charge in [0.05, 0.1) is 12.0 Å². The van der Waals surface area contributed by atoms with Crippen molar-refractivity contribution in [1.82, 2.24) is 10.6 Å². The lowest BCUT2D eigenvalue weighted by Gasteiger charge is -2.10. The van der Waals surface area contributed by atoms with Crippen molar-refractivity contribution in [2.75, 3.05) is 13.7 Å². The first-order valence-electron chi connectivity index (χ1n) is 9.80. The van der Waals surface area contributed by atoms with Gasteiger partial charge < -0.3 is 15.4 Å². The van der Waals surface area contributed by atoms with Crippen LogP contribution < -0.4 is 15.4 Å². The standard InChI is InChI=1S/C23H25N3O5/c1-3-4-14-24-23(28)21(16-18-6-5-7-19(15-18)26(29)30)25-22(27)13-10-17-8-11-20(31-2)12-9-17/h5-13,15-16H,3-4,14H2,1-2H3,(H,24,28)(H,25,27)/b13-10+,21-16-. The lowest BCUT2D eigenvalue weighted by atomic mass is 10.1. The van der Waals surface area contributed by atoms with Gasteiger partial charge in [-0.05, 0) is 41.8 Å².